The molecular weight excluding hydrogens is 244 g/mol. The van der Waals surface area contributed by atoms with Gasteiger partial charge in [-0.25, -0.2) is 0 Å². The Labute approximate surface area is 111 Å². The van der Waals surface area contributed by atoms with Crippen molar-refractivity contribution in [3.8, 4) is 5.75 Å². The second-order valence-electron chi connectivity index (χ2n) is 4.86. The molecule has 1 heterocycles. The Bertz CT molecular complexity index is 561. The molecular formula is C14H16N2O3. The minimum Gasteiger partial charge on any atom is -0.484 e. The SMILES string of the molecule is CC(O)c1cccc(OCc2nc(C3CC3)no2)c1. The number of ether oxygens (including phenoxy) is 1. The van der Waals surface area contributed by atoms with Gasteiger partial charge in [0.05, 0.1) is 6.10 Å². The van der Waals surface area contributed by atoms with Gasteiger partial charge in [-0.15, -0.1) is 0 Å². The van der Waals surface area contributed by atoms with Crippen molar-refractivity contribution in [1.29, 1.82) is 0 Å². The van der Waals surface area contributed by atoms with Crippen molar-refractivity contribution >= 4 is 0 Å². The van der Waals surface area contributed by atoms with Crippen LogP contribution < -0.4 is 4.74 Å². The average molecular weight is 260 g/mol. The van der Waals surface area contributed by atoms with E-state index in [0.29, 0.717) is 17.6 Å². The summed E-state index contributed by atoms with van der Waals surface area (Å²) in [5.41, 5.74) is 0.821. The van der Waals surface area contributed by atoms with Crippen molar-refractivity contribution in [2.45, 2.75) is 38.4 Å². The molecule has 100 valence electrons. The maximum Gasteiger partial charge on any atom is 0.264 e. The molecule has 1 aromatic heterocycles. The van der Waals surface area contributed by atoms with Gasteiger partial charge in [0.1, 0.15) is 5.75 Å². The molecule has 1 fully saturated rings. The molecule has 1 aliphatic rings. The molecule has 1 unspecified atom stereocenters. The monoisotopic (exact) mass is 260 g/mol. The number of hydrogen-bond donors (Lipinski definition) is 1. The van der Waals surface area contributed by atoms with E-state index in [2.05, 4.69) is 10.1 Å². The summed E-state index contributed by atoms with van der Waals surface area (Å²) in [5, 5.41) is 13.4. The van der Waals surface area contributed by atoms with Crippen LogP contribution in [0.15, 0.2) is 28.8 Å². The first-order valence-corrected chi connectivity index (χ1v) is 6.45. The fourth-order valence-electron chi connectivity index (χ4n) is 1.84. The minimum atomic E-state index is -0.506. The summed E-state index contributed by atoms with van der Waals surface area (Å²) in [6, 6.07) is 7.35. The number of aliphatic hydroxyl groups is 1. The van der Waals surface area contributed by atoms with E-state index in [-0.39, 0.29) is 6.61 Å². The van der Waals surface area contributed by atoms with E-state index in [1.54, 1.807) is 6.92 Å². The lowest BCUT2D eigenvalue weighted by atomic mass is 10.1. The molecule has 0 bridgehead atoms. The summed E-state index contributed by atoms with van der Waals surface area (Å²) in [7, 11) is 0. The Hall–Kier alpha value is -1.88. The third kappa shape index (κ3) is 2.93. The quantitative estimate of drug-likeness (QED) is 0.894. The molecule has 1 saturated carbocycles. The molecule has 0 aliphatic heterocycles. The molecule has 5 nitrogen and oxygen atoms in total. The summed E-state index contributed by atoms with van der Waals surface area (Å²) in [6.07, 6.45) is 1.79. The highest BCUT2D eigenvalue weighted by molar-refractivity contribution is 5.29. The number of hydrogen-bond acceptors (Lipinski definition) is 5. The van der Waals surface area contributed by atoms with Crippen molar-refractivity contribution in [3.05, 3.63) is 41.5 Å². The first-order chi connectivity index (χ1) is 9.22. The summed E-state index contributed by atoms with van der Waals surface area (Å²) in [6.45, 7) is 1.97. The molecule has 1 N–H and O–H groups in total. The fraction of sp³-hybridized carbons (Fsp3) is 0.429. The Kier molecular flexibility index (Phi) is 3.21. The van der Waals surface area contributed by atoms with Crippen LogP contribution in [0.3, 0.4) is 0 Å². The van der Waals surface area contributed by atoms with Gasteiger partial charge in [-0.2, -0.15) is 4.98 Å². The molecule has 0 saturated heterocycles. The Morgan fingerprint density at radius 2 is 2.32 bits per heavy atom. The van der Waals surface area contributed by atoms with Gasteiger partial charge in [-0.1, -0.05) is 17.3 Å². The van der Waals surface area contributed by atoms with E-state index in [1.165, 1.54) is 0 Å². The zero-order chi connectivity index (χ0) is 13.2. The smallest absolute Gasteiger partial charge is 0.264 e. The van der Waals surface area contributed by atoms with Crippen LogP contribution in [0.25, 0.3) is 0 Å². The molecule has 19 heavy (non-hydrogen) atoms. The first-order valence-electron chi connectivity index (χ1n) is 6.45. The van der Waals surface area contributed by atoms with Gasteiger partial charge in [0.2, 0.25) is 0 Å². The second-order valence-corrected chi connectivity index (χ2v) is 4.86. The van der Waals surface area contributed by atoms with Crippen LogP contribution >= 0.6 is 0 Å². The second kappa shape index (κ2) is 5.01. The zero-order valence-electron chi connectivity index (χ0n) is 10.7. The van der Waals surface area contributed by atoms with E-state index in [4.69, 9.17) is 9.26 Å². The van der Waals surface area contributed by atoms with Gasteiger partial charge in [0, 0.05) is 5.92 Å². The molecule has 2 aromatic rings. The average Bonchev–Trinajstić information content (AvgIpc) is 3.16. The van der Waals surface area contributed by atoms with Crippen LogP contribution in [0.5, 0.6) is 5.75 Å². The van der Waals surface area contributed by atoms with Crippen LogP contribution in [0.4, 0.5) is 0 Å². The topological polar surface area (TPSA) is 68.4 Å². The normalized spacial score (nSPS) is 16.3. The number of rotatable bonds is 5. The van der Waals surface area contributed by atoms with Crippen LogP contribution in [0.2, 0.25) is 0 Å². The standard InChI is InChI=1S/C14H16N2O3/c1-9(17)11-3-2-4-12(7-11)18-8-13-15-14(16-19-13)10-5-6-10/h2-4,7,9-10,17H,5-6,8H2,1H3. The van der Waals surface area contributed by atoms with E-state index in [9.17, 15) is 5.11 Å². The van der Waals surface area contributed by atoms with Gasteiger partial charge >= 0.3 is 0 Å². The molecule has 0 radical (unpaired) electrons. The molecule has 0 amide bonds. The molecule has 3 rings (SSSR count). The number of nitrogens with zero attached hydrogens (tertiary/aromatic N) is 2. The van der Waals surface area contributed by atoms with Crippen LogP contribution in [0.1, 0.15) is 49.1 Å². The van der Waals surface area contributed by atoms with Crippen LogP contribution in [-0.4, -0.2) is 15.2 Å². The Balaban J connectivity index is 1.62. The lowest BCUT2D eigenvalue weighted by molar-refractivity contribution is 0.197. The van der Waals surface area contributed by atoms with Crippen molar-refractivity contribution in [2.24, 2.45) is 0 Å². The molecule has 1 atom stereocenters. The first kappa shape index (κ1) is 12.2. The van der Waals surface area contributed by atoms with E-state index in [1.807, 2.05) is 24.3 Å². The number of aliphatic hydroxyl groups excluding tert-OH is 1. The van der Waals surface area contributed by atoms with E-state index in [0.717, 1.165) is 24.2 Å². The number of aromatic nitrogens is 2. The van der Waals surface area contributed by atoms with Gasteiger partial charge in [0.15, 0.2) is 12.4 Å². The summed E-state index contributed by atoms with van der Waals surface area (Å²) in [5.74, 6) is 2.45. The Morgan fingerprint density at radius 1 is 1.47 bits per heavy atom. The van der Waals surface area contributed by atoms with Gasteiger partial charge < -0.3 is 14.4 Å². The van der Waals surface area contributed by atoms with E-state index < -0.39 is 6.10 Å². The third-order valence-electron chi connectivity index (χ3n) is 3.13. The van der Waals surface area contributed by atoms with Gasteiger partial charge in [0.25, 0.3) is 5.89 Å². The minimum absolute atomic E-state index is 0.253. The maximum absolute atomic E-state index is 9.51. The van der Waals surface area contributed by atoms with Gasteiger partial charge in [-0.05, 0) is 37.5 Å². The van der Waals surface area contributed by atoms with Crippen molar-refractivity contribution in [1.82, 2.24) is 10.1 Å². The van der Waals surface area contributed by atoms with Crippen LogP contribution in [0, 0.1) is 0 Å². The molecule has 1 aliphatic carbocycles. The van der Waals surface area contributed by atoms with Crippen molar-refractivity contribution < 1.29 is 14.4 Å². The predicted octanol–water partition coefficient (Wildman–Crippen LogP) is 2.58. The van der Waals surface area contributed by atoms with Gasteiger partial charge in [-0.3, -0.25) is 0 Å². The third-order valence-corrected chi connectivity index (χ3v) is 3.13. The van der Waals surface area contributed by atoms with Crippen molar-refractivity contribution in [2.75, 3.05) is 0 Å². The predicted molar refractivity (Wildman–Crippen MR) is 67.7 cm³/mol. The molecule has 1 aromatic carbocycles. The highest BCUT2D eigenvalue weighted by atomic mass is 16.5. The highest BCUT2D eigenvalue weighted by Gasteiger charge is 2.28. The maximum atomic E-state index is 9.51. The summed E-state index contributed by atoms with van der Waals surface area (Å²) in [4.78, 5) is 4.29. The number of benzene rings is 1. The zero-order valence-corrected chi connectivity index (χ0v) is 10.7. The Morgan fingerprint density at radius 3 is 3.05 bits per heavy atom. The highest BCUT2D eigenvalue weighted by Crippen LogP contribution is 2.38. The summed E-state index contributed by atoms with van der Waals surface area (Å²) >= 11 is 0. The largest absolute Gasteiger partial charge is 0.484 e. The van der Waals surface area contributed by atoms with E-state index >= 15 is 0 Å². The van der Waals surface area contributed by atoms with Crippen LogP contribution in [-0.2, 0) is 6.61 Å². The summed E-state index contributed by atoms with van der Waals surface area (Å²) < 4.78 is 10.7. The molecule has 0 spiro atoms. The lowest BCUT2D eigenvalue weighted by Crippen LogP contribution is -1.97. The lowest BCUT2D eigenvalue weighted by Gasteiger charge is -2.07. The van der Waals surface area contributed by atoms with Crippen molar-refractivity contribution in [3.63, 3.8) is 0 Å². The molecule has 5 heteroatoms. The fourth-order valence-corrected chi connectivity index (χ4v) is 1.84.